The predicted molar refractivity (Wildman–Crippen MR) is 128 cm³/mol. The maximum atomic E-state index is 13.5. The molecule has 4 rings (SSSR count). The van der Waals surface area contributed by atoms with Crippen LogP contribution in [0.1, 0.15) is 19.8 Å². The molecule has 2 heterocycles. The molecule has 1 aromatic heterocycles. The number of ether oxygens (including phenoxy) is 1. The van der Waals surface area contributed by atoms with Crippen molar-refractivity contribution in [1.82, 2.24) is 9.97 Å². The standard InChI is InChI=1S/C21H20ClFN4O3S2/c1-2-30-19-10-17-14(9-18(19)27-20(28)8-13-5-6-32(29)31-13)21(25-11-24-17)26-12-3-4-16(23)15(22)7-12/h3-4,7,9-11,13H,2,5-6,8H2,1H3,(H,27,28)(H,24,25,26). The average Bonchev–Trinajstić information content (AvgIpc) is 3.16. The van der Waals surface area contributed by atoms with E-state index < -0.39 is 15.6 Å². The molecule has 1 amide bonds. The van der Waals surface area contributed by atoms with Crippen LogP contribution in [0.5, 0.6) is 5.75 Å². The maximum absolute atomic E-state index is 13.5. The number of carbonyl (C=O) groups is 1. The van der Waals surface area contributed by atoms with Gasteiger partial charge in [0.15, 0.2) is 0 Å². The number of nitrogens with one attached hydrogen (secondary N) is 2. The maximum Gasteiger partial charge on any atom is 0.225 e. The van der Waals surface area contributed by atoms with Gasteiger partial charge in [-0.15, -0.1) is 0 Å². The fourth-order valence-corrected chi connectivity index (χ4v) is 6.91. The van der Waals surface area contributed by atoms with Crippen molar-refractivity contribution in [2.75, 3.05) is 23.0 Å². The summed E-state index contributed by atoms with van der Waals surface area (Å²) in [5, 5.41) is 6.69. The van der Waals surface area contributed by atoms with Gasteiger partial charge < -0.3 is 15.4 Å². The molecule has 0 aliphatic carbocycles. The highest BCUT2D eigenvalue weighted by Gasteiger charge is 2.25. The summed E-state index contributed by atoms with van der Waals surface area (Å²) in [6.07, 6.45) is 2.43. The minimum Gasteiger partial charge on any atom is -0.492 e. The van der Waals surface area contributed by atoms with Gasteiger partial charge in [0.1, 0.15) is 23.7 Å². The van der Waals surface area contributed by atoms with Gasteiger partial charge in [-0.1, -0.05) is 22.4 Å². The molecular weight excluding hydrogens is 475 g/mol. The number of hydrogen-bond acceptors (Lipinski definition) is 7. The second kappa shape index (κ2) is 10.0. The van der Waals surface area contributed by atoms with Crippen molar-refractivity contribution in [3.05, 3.63) is 47.5 Å². The third-order valence-electron chi connectivity index (χ3n) is 4.76. The molecule has 1 saturated heterocycles. The first kappa shape index (κ1) is 22.8. The van der Waals surface area contributed by atoms with Gasteiger partial charge in [-0.05, 0) is 37.6 Å². The summed E-state index contributed by atoms with van der Waals surface area (Å²) < 4.78 is 30.8. The highest BCUT2D eigenvalue weighted by molar-refractivity contribution is 8.69. The van der Waals surface area contributed by atoms with Crippen LogP contribution >= 0.6 is 22.4 Å². The lowest BCUT2D eigenvalue weighted by atomic mass is 10.1. The molecule has 0 saturated carbocycles. The van der Waals surface area contributed by atoms with Crippen molar-refractivity contribution in [2.24, 2.45) is 0 Å². The van der Waals surface area contributed by atoms with E-state index in [1.165, 1.54) is 29.3 Å². The Bertz CT molecular complexity index is 1200. The number of anilines is 3. The van der Waals surface area contributed by atoms with Crippen LogP contribution in [-0.2, 0) is 14.6 Å². The molecule has 2 atom stereocenters. The quantitative estimate of drug-likeness (QED) is 0.443. The first-order chi connectivity index (χ1) is 15.4. The van der Waals surface area contributed by atoms with Gasteiger partial charge in [0.2, 0.25) is 5.91 Å². The molecule has 1 aliphatic heterocycles. The van der Waals surface area contributed by atoms with Crippen LogP contribution in [0.4, 0.5) is 21.6 Å². The first-order valence-corrected chi connectivity index (χ1v) is 13.0. The van der Waals surface area contributed by atoms with E-state index in [0.29, 0.717) is 46.2 Å². The van der Waals surface area contributed by atoms with Gasteiger partial charge in [-0.3, -0.25) is 4.79 Å². The van der Waals surface area contributed by atoms with Crippen molar-refractivity contribution in [2.45, 2.75) is 25.0 Å². The normalized spacial score (nSPS) is 18.0. The molecular formula is C21H20ClFN4O3S2. The van der Waals surface area contributed by atoms with Crippen LogP contribution in [0.15, 0.2) is 36.7 Å². The number of amides is 1. The molecule has 32 heavy (non-hydrogen) atoms. The van der Waals surface area contributed by atoms with E-state index in [9.17, 15) is 13.4 Å². The zero-order valence-corrected chi connectivity index (χ0v) is 19.5. The number of fused-ring (bicyclic) bond motifs is 1. The summed E-state index contributed by atoms with van der Waals surface area (Å²) in [7, 11) is 0.426. The third-order valence-corrected chi connectivity index (χ3v) is 8.46. The predicted octanol–water partition coefficient (Wildman–Crippen LogP) is 5.06. The third kappa shape index (κ3) is 5.31. The number of carbonyl (C=O) groups excluding carboxylic acids is 1. The lowest BCUT2D eigenvalue weighted by Crippen LogP contribution is -2.17. The molecule has 2 aromatic carbocycles. The fraction of sp³-hybridized carbons (Fsp3) is 0.286. The van der Waals surface area contributed by atoms with E-state index in [1.807, 2.05) is 6.92 Å². The summed E-state index contributed by atoms with van der Waals surface area (Å²) in [4.78, 5) is 21.2. The Morgan fingerprint density at radius 2 is 2.19 bits per heavy atom. The van der Waals surface area contributed by atoms with E-state index >= 15 is 0 Å². The zero-order chi connectivity index (χ0) is 22.7. The minimum atomic E-state index is -0.913. The Kier molecular flexibility index (Phi) is 7.12. The minimum absolute atomic E-state index is 0.00865. The van der Waals surface area contributed by atoms with E-state index in [0.717, 1.165) is 6.42 Å². The molecule has 0 bridgehead atoms. The molecule has 168 valence electrons. The molecule has 1 aliphatic rings. The second-order valence-electron chi connectivity index (χ2n) is 7.04. The molecule has 7 nitrogen and oxygen atoms in total. The number of aromatic nitrogens is 2. The Labute approximate surface area is 195 Å². The van der Waals surface area contributed by atoms with Gasteiger partial charge in [0, 0.05) is 34.6 Å². The molecule has 3 aromatic rings. The highest BCUT2D eigenvalue weighted by Crippen LogP contribution is 2.35. The second-order valence-corrected chi connectivity index (χ2v) is 11.0. The highest BCUT2D eigenvalue weighted by atomic mass is 35.5. The van der Waals surface area contributed by atoms with Crippen molar-refractivity contribution in [3.63, 3.8) is 0 Å². The SMILES string of the molecule is CCOc1cc2ncnc(Nc3ccc(F)c(Cl)c3)c2cc1NC(=O)CC1CCS(=O)S1. The van der Waals surface area contributed by atoms with Crippen molar-refractivity contribution in [3.8, 4) is 5.75 Å². The van der Waals surface area contributed by atoms with Gasteiger partial charge in [0.25, 0.3) is 0 Å². The Hall–Kier alpha value is -2.43. The van der Waals surface area contributed by atoms with Crippen LogP contribution in [0, 0.1) is 5.82 Å². The van der Waals surface area contributed by atoms with E-state index in [1.54, 1.807) is 18.2 Å². The summed E-state index contributed by atoms with van der Waals surface area (Å²) in [5.41, 5.74) is 1.66. The molecule has 0 radical (unpaired) electrons. The average molecular weight is 495 g/mol. The summed E-state index contributed by atoms with van der Waals surface area (Å²) in [5.74, 6) is 0.880. The van der Waals surface area contributed by atoms with Gasteiger partial charge >= 0.3 is 0 Å². The molecule has 2 N–H and O–H groups in total. The smallest absolute Gasteiger partial charge is 0.225 e. The molecule has 11 heteroatoms. The van der Waals surface area contributed by atoms with E-state index in [-0.39, 0.29) is 22.6 Å². The largest absolute Gasteiger partial charge is 0.492 e. The summed E-state index contributed by atoms with van der Waals surface area (Å²) >= 11 is 5.88. The van der Waals surface area contributed by atoms with Gasteiger partial charge in [-0.2, -0.15) is 0 Å². The number of nitrogens with zero attached hydrogens (tertiary/aromatic N) is 2. The lowest BCUT2D eigenvalue weighted by Gasteiger charge is -2.15. The van der Waals surface area contributed by atoms with Crippen molar-refractivity contribution in [1.29, 1.82) is 0 Å². The van der Waals surface area contributed by atoms with Crippen LogP contribution < -0.4 is 15.4 Å². The molecule has 2 unspecified atom stereocenters. The van der Waals surface area contributed by atoms with E-state index in [4.69, 9.17) is 16.3 Å². The topological polar surface area (TPSA) is 93.2 Å². The number of rotatable bonds is 7. The Morgan fingerprint density at radius 3 is 2.91 bits per heavy atom. The lowest BCUT2D eigenvalue weighted by molar-refractivity contribution is -0.116. The van der Waals surface area contributed by atoms with Gasteiger partial charge in [0.05, 0.1) is 32.7 Å². The molecule has 0 spiro atoms. The van der Waals surface area contributed by atoms with Gasteiger partial charge in [-0.25, -0.2) is 18.6 Å². The monoisotopic (exact) mass is 494 g/mol. The van der Waals surface area contributed by atoms with Crippen LogP contribution in [0.3, 0.4) is 0 Å². The number of benzene rings is 2. The fourth-order valence-electron chi connectivity index (χ4n) is 3.29. The van der Waals surface area contributed by atoms with Crippen LogP contribution in [0.25, 0.3) is 10.9 Å². The Morgan fingerprint density at radius 1 is 1.34 bits per heavy atom. The first-order valence-electron chi connectivity index (χ1n) is 9.92. The number of hydrogen-bond donors (Lipinski definition) is 2. The molecule has 1 fully saturated rings. The van der Waals surface area contributed by atoms with Crippen LogP contribution in [0.2, 0.25) is 5.02 Å². The van der Waals surface area contributed by atoms with E-state index in [2.05, 4.69) is 20.6 Å². The van der Waals surface area contributed by atoms with Crippen LogP contribution in [-0.4, -0.2) is 37.7 Å². The summed E-state index contributed by atoms with van der Waals surface area (Å²) in [6, 6.07) is 7.76. The van der Waals surface area contributed by atoms with Crippen molar-refractivity contribution < 1.29 is 18.1 Å². The summed E-state index contributed by atoms with van der Waals surface area (Å²) in [6.45, 7) is 2.27. The zero-order valence-electron chi connectivity index (χ0n) is 17.1. The number of halogens is 2. The van der Waals surface area contributed by atoms with Crippen molar-refractivity contribution >= 4 is 66.2 Å². The Balaban J connectivity index is 1.64.